The molecule has 0 amide bonds. The van der Waals surface area contributed by atoms with Gasteiger partial charge >= 0.3 is 0 Å². The van der Waals surface area contributed by atoms with Gasteiger partial charge in [-0.15, -0.1) is 0 Å². The lowest BCUT2D eigenvalue weighted by atomic mass is 10.2. The van der Waals surface area contributed by atoms with Gasteiger partial charge in [-0.05, 0) is 56.3 Å². The SMILES string of the molecule is Fc1ccc2nc(N(CC3CC3)CC3CCCN3)[nH]c2c1. The van der Waals surface area contributed by atoms with Gasteiger partial charge in [0.1, 0.15) is 5.82 Å². The molecule has 21 heavy (non-hydrogen) atoms. The van der Waals surface area contributed by atoms with Crippen molar-refractivity contribution in [1.82, 2.24) is 15.3 Å². The first kappa shape index (κ1) is 13.1. The molecule has 1 atom stereocenters. The Morgan fingerprint density at radius 2 is 2.14 bits per heavy atom. The van der Waals surface area contributed by atoms with Crippen molar-refractivity contribution in [2.24, 2.45) is 5.92 Å². The van der Waals surface area contributed by atoms with Crippen LogP contribution in [0.3, 0.4) is 0 Å². The molecule has 2 fully saturated rings. The van der Waals surface area contributed by atoms with Crippen LogP contribution in [-0.4, -0.2) is 35.6 Å². The van der Waals surface area contributed by atoms with Crippen molar-refractivity contribution in [3.8, 4) is 0 Å². The van der Waals surface area contributed by atoms with Gasteiger partial charge in [-0.3, -0.25) is 0 Å². The Balaban J connectivity index is 1.59. The summed E-state index contributed by atoms with van der Waals surface area (Å²) < 4.78 is 13.3. The molecule has 0 bridgehead atoms. The number of nitrogens with one attached hydrogen (secondary N) is 2. The molecule has 0 radical (unpaired) electrons. The fourth-order valence-corrected chi connectivity index (χ4v) is 3.16. The van der Waals surface area contributed by atoms with Gasteiger partial charge < -0.3 is 15.2 Å². The average molecular weight is 288 g/mol. The van der Waals surface area contributed by atoms with Crippen LogP contribution in [0.2, 0.25) is 0 Å². The molecule has 1 unspecified atom stereocenters. The summed E-state index contributed by atoms with van der Waals surface area (Å²) in [5, 5.41) is 3.55. The molecule has 2 heterocycles. The molecule has 1 aliphatic heterocycles. The molecule has 1 aliphatic carbocycles. The number of aromatic amines is 1. The number of benzene rings is 1. The van der Waals surface area contributed by atoms with Crippen molar-refractivity contribution in [1.29, 1.82) is 0 Å². The average Bonchev–Trinajstić information content (AvgIpc) is 2.98. The number of H-pyrrole nitrogens is 1. The molecule has 4 rings (SSSR count). The molecule has 2 aliphatic rings. The van der Waals surface area contributed by atoms with Crippen LogP contribution in [0.5, 0.6) is 0 Å². The van der Waals surface area contributed by atoms with Crippen LogP contribution in [0.4, 0.5) is 10.3 Å². The van der Waals surface area contributed by atoms with Crippen molar-refractivity contribution in [3.05, 3.63) is 24.0 Å². The Morgan fingerprint density at radius 1 is 1.24 bits per heavy atom. The van der Waals surface area contributed by atoms with E-state index in [1.165, 1.54) is 37.8 Å². The summed E-state index contributed by atoms with van der Waals surface area (Å²) in [5.74, 6) is 1.47. The summed E-state index contributed by atoms with van der Waals surface area (Å²) in [6.45, 7) is 3.16. The minimum Gasteiger partial charge on any atom is -0.341 e. The second-order valence-corrected chi connectivity index (χ2v) is 6.36. The van der Waals surface area contributed by atoms with Gasteiger partial charge in [0.05, 0.1) is 11.0 Å². The predicted octanol–water partition coefficient (Wildman–Crippen LogP) is 2.67. The van der Waals surface area contributed by atoms with E-state index in [1.807, 2.05) is 0 Å². The maximum Gasteiger partial charge on any atom is 0.203 e. The molecule has 1 aromatic carbocycles. The Hall–Kier alpha value is -1.62. The Bertz CT molecular complexity index is 628. The van der Waals surface area contributed by atoms with E-state index in [1.54, 1.807) is 6.07 Å². The van der Waals surface area contributed by atoms with Crippen molar-refractivity contribution < 1.29 is 4.39 Å². The molecule has 1 saturated heterocycles. The van der Waals surface area contributed by atoms with Crippen LogP contribution in [0, 0.1) is 11.7 Å². The summed E-state index contributed by atoms with van der Waals surface area (Å²) in [7, 11) is 0. The van der Waals surface area contributed by atoms with Crippen molar-refractivity contribution in [2.75, 3.05) is 24.5 Å². The standard InChI is InChI=1S/C16H21FN4/c17-12-5-6-14-15(8-12)20-16(19-14)21(9-11-3-4-11)10-13-2-1-7-18-13/h5-6,8,11,13,18H,1-4,7,9-10H2,(H,19,20). The van der Waals surface area contributed by atoms with Crippen molar-refractivity contribution in [2.45, 2.75) is 31.7 Å². The van der Waals surface area contributed by atoms with Crippen LogP contribution in [0.15, 0.2) is 18.2 Å². The first-order chi connectivity index (χ1) is 10.3. The Kier molecular flexibility index (Phi) is 3.30. The zero-order chi connectivity index (χ0) is 14.2. The Morgan fingerprint density at radius 3 is 2.90 bits per heavy atom. The maximum atomic E-state index is 13.3. The minimum atomic E-state index is -0.219. The summed E-state index contributed by atoms with van der Waals surface area (Å²) in [6.07, 6.45) is 5.14. The first-order valence-corrected chi connectivity index (χ1v) is 7.91. The number of nitrogens with zero attached hydrogens (tertiary/aromatic N) is 2. The van der Waals surface area contributed by atoms with E-state index in [4.69, 9.17) is 0 Å². The highest BCUT2D eigenvalue weighted by Gasteiger charge is 2.28. The molecular weight excluding hydrogens is 267 g/mol. The number of fused-ring (bicyclic) bond motifs is 1. The summed E-state index contributed by atoms with van der Waals surface area (Å²) >= 11 is 0. The van der Waals surface area contributed by atoms with Crippen LogP contribution < -0.4 is 10.2 Å². The lowest BCUT2D eigenvalue weighted by Crippen LogP contribution is -2.39. The van der Waals surface area contributed by atoms with E-state index in [2.05, 4.69) is 20.2 Å². The monoisotopic (exact) mass is 288 g/mol. The fourth-order valence-electron chi connectivity index (χ4n) is 3.16. The van der Waals surface area contributed by atoms with Gasteiger partial charge in [0.15, 0.2) is 0 Å². The molecule has 112 valence electrons. The highest BCUT2D eigenvalue weighted by atomic mass is 19.1. The van der Waals surface area contributed by atoms with Gasteiger partial charge in [0, 0.05) is 19.1 Å². The molecule has 2 aromatic rings. The van der Waals surface area contributed by atoms with E-state index < -0.39 is 0 Å². The molecule has 5 heteroatoms. The van der Waals surface area contributed by atoms with Crippen LogP contribution in [0.25, 0.3) is 11.0 Å². The fraction of sp³-hybridized carbons (Fsp3) is 0.562. The van der Waals surface area contributed by atoms with Gasteiger partial charge in [-0.1, -0.05) is 0 Å². The molecule has 1 aromatic heterocycles. The van der Waals surface area contributed by atoms with E-state index in [9.17, 15) is 4.39 Å². The van der Waals surface area contributed by atoms with Crippen LogP contribution >= 0.6 is 0 Å². The largest absolute Gasteiger partial charge is 0.341 e. The number of aromatic nitrogens is 2. The highest BCUT2D eigenvalue weighted by molar-refractivity contribution is 5.77. The van der Waals surface area contributed by atoms with Gasteiger partial charge in [-0.2, -0.15) is 0 Å². The zero-order valence-electron chi connectivity index (χ0n) is 12.1. The summed E-state index contributed by atoms with van der Waals surface area (Å²) in [4.78, 5) is 10.3. The van der Waals surface area contributed by atoms with E-state index in [0.717, 1.165) is 42.5 Å². The first-order valence-electron chi connectivity index (χ1n) is 7.91. The molecular formula is C16H21FN4. The lowest BCUT2D eigenvalue weighted by Gasteiger charge is -2.25. The topological polar surface area (TPSA) is 44.0 Å². The predicted molar refractivity (Wildman–Crippen MR) is 82.0 cm³/mol. The molecule has 2 N–H and O–H groups in total. The number of imidazole rings is 1. The van der Waals surface area contributed by atoms with E-state index >= 15 is 0 Å². The summed E-state index contributed by atoms with van der Waals surface area (Å²) in [6, 6.07) is 5.29. The third-order valence-corrected chi connectivity index (χ3v) is 4.51. The van der Waals surface area contributed by atoms with Crippen LogP contribution in [0.1, 0.15) is 25.7 Å². The van der Waals surface area contributed by atoms with Gasteiger partial charge in [0.25, 0.3) is 0 Å². The second kappa shape index (κ2) is 5.30. The number of halogens is 1. The normalized spacial score (nSPS) is 22.0. The third kappa shape index (κ3) is 2.88. The quantitative estimate of drug-likeness (QED) is 0.889. The second-order valence-electron chi connectivity index (χ2n) is 6.36. The maximum absolute atomic E-state index is 13.3. The van der Waals surface area contributed by atoms with Crippen LogP contribution in [-0.2, 0) is 0 Å². The summed E-state index contributed by atoms with van der Waals surface area (Å²) in [5.41, 5.74) is 1.62. The number of hydrogen-bond donors (Lipinski definition) is 2. The number of rotatable bonds is 5. The number of anilines is 1. The molecule has 0 spiro atoms. The van der Waals surface area contributed by atoms with E-state index in [0.29, 0.717) is 6.04 Å². The zero-order valence-corrected chi connectivity index (χ0v) is 12.1. The van der Waals surface area contributed by atoms with Gasteiger partial charge in [0.2, 0.25) is 5.95 Å². The van der Waals surface area contributed by atoms with Crippen molar-refractivity contribution >= 4 is 17.0 Å². The molecule has 1 saturated carbocycles. The minimum absolute atomic E-state index is 0.219. The lowest BCUT2D eigenvalue weighted by molar-refractivity contribution is 0.565. The molecule has 4 nitrogen and oxygen atoms in total. The number of hydrogen-bond acceptors (Lipinski definition) is 3. The van der Waals surface area contributed by atoms with E-state index in [-0.39, 0.29) is 5.82 Å². The van der Waals surface area contributed by atoms with Crippen molar-refractivity contribution in [3.63, 3.8) is 0 Å². The van der Waals surface area contributed by atoms with Gasteiger partial charge in [-0.25, -0.2) is 9.37 Å². The smallest absolute Gasteiger partial charge is 0.203 e. The highest BCUT2D eigenvalue weighted by Crippen LogP contribution is 2.31. The Labute approximate surface area is 123 Å². The third-order valence-electron chi connectivity index (χ3n) is 4.51.